The van der Waals surface area contributed by atoms with Crippen molar-refractivity contribution in [2.45, 2.75) is 53.0 Å². The normalized spacial score (nSPS) is 12.7. The molecule has 1 heterocycles. The topological polar surface area (TPSA) is 26.0 Å². The van der Waals surface area contributed by atoms with E-state index < -0.39 is 0 Å². The van der Waals surface area contributed by atoms with Crippen LogP contribution in [0.3, 0.4) is 0 Å². The molecule has 0 fully saturated rings. The van der Waals surface area contributed by atoms with Crippen LogP contribution in [0, 0.1) is 6.92 Å². The van der Waals surface area contributed by atoms with E-state index in [4.69, 9.17) is 5.73 Å². The first kappa shape index (κ1) is 15.3. The van der Waals surface area contributed by atoms with Crippen LogP contribution in [-0.4, -0.2) is 0 Å². The number of aryl methyl sites for hydroxylation is 4. The number of hydrogen-bond acceptors (Lipinski definition) is 2. The SMILES string of the molecule is CCc1cc(CC)c(C(N)c2sccc2C)c(CC)c1. The van der Waals surface area contributed by atoms with Gasteiger partial charge in [0.05, 0.1) is 6.04 Å². The van der Waals surface area contributed by atoms with Crippen LogP contribution in [0.2, 0.25) is 0 Å². The monoisotopic (exact) mass is 287 g/mol. The van der Waals surface area contributed by atoms with Crippen LogP contribution in [0.4, 0.5) is 0 Å². The molecule has 2 N–H and O–H groups in total. The second-order valence-electron chi connectivity index (χ2n) is 5.33. The van der Waals surface area contributed by atoms with Crippen molar-refractivity contribution in [2.75, 3.05) is 0 Å². The molecule has 108 valence electrons. The summed E-state index contributed by atoms with van der Waals surface area (Å²) in [6.07, 6.45) is 3.19. The minimum absolute atomic E-state index is 0.0193. The highest BCUT2D eigenvalue weighted by molar-refractivity contribution is 7.10. The Morgan fingerprint density at radius 1 is 1.05 bits per heavy atom. The quantitative estimate of drug-likeness (QED) is 0.840. The number of nitrogens with two attached hydrogens (primary N) is 1. The highest BCUT2D eigenvalue weighted by Crippen LogP contribution is 2.33. The van der Waals surface area contributed by atoms with Gasteiger partial charge in [-0.3, -0.25) is 0 Å². The fraction of sp³-hybridized carbons (Fsp3) is 0.444. The summed E-state index contributed by atoms with van der Waals surface area (Å²) in [5, 5.41) is 2.14. The Morgan fingerprint density at radius 2 is 1.65 bits per heavy atom. The zero-order valence-electron chi connectivity index (χ0n) is 13.0. The third kappa shape index (κ3) is 2.82. The molecular formula is C18H25NS. The lowest BCUT2D eigenvalue weighted by Gasteiger charge is -2.21. The van der Waals surface area contributed by atoms with E-state index in [9.17, 15) is 0 Å². The van der Waals surface area contributed by atoms with Crippen molar-refractivity contribution >= 4 is 11.3 Å². The highest BCUT2D eigenvalue weighted by atomic mass is 32.1. The molecule has 0 amide bonds. The molecule has 2 aromatic rings. The van der Waals surface area contributed by atoms with E-state index >= 15 is 0 Å². The van der Waals surface area contributed by atoms with Crippen LogP contribution >= 0.6 is 11.3 Å². The first-order valence-electron chi connectivity index (χ1n) is 7.56. The van der Waals surface area contributed by atoms with Gasteiger partial charge in [0.2, 0.25) is 0 Å². The van der Waals surface area contributed by atoms with E-state index in [1.54, 1.807) is 11.3 Å². The zero-order valence-corrected chi connectivity index (χ0v) is 13.8. The second kappa shape index (κ2) is 6.55. The average molecular weight is 287 g/mol. The molecule has 1 unspecified atom stereocenters. The minimum Gasteiger partial charge on any atom is -0.320 e. The van der Waals surface area contributed by atoms with Crippen LogP contribution in [-0.2, 0) is 19.3 Å². The van der Waals surface area contributed by atoms with Gasteiger partial charge in [-0.05, 0) is 65.4 Å². The maximum atomic E-state index is 6.62. The van der Waals surface area contributed by atoms with E-state index in [-0.39, 0.29) is 6.04 Å². The fourth-order valence-electron chi connectivity index (χ4n) is 2.87. The number of benzene rings is 1. The lowest BCUT2D eigenvalue weighted by Crippen LogP contribution is -2.16. The highest BCUT2D eigenvalue weighted by Gasteiger charge is 2.19. The van der Waals surface area contributed by atoms with Crippen molar-refractivity contribution in [2.24, 2.45) is 5.73 Å². The number of hydrogen-bond donors (Lipinski definition) is 1. The van der Waals surface area contributed by atoms with Gasteiger partial charge < -0.3 is 5.73 Å². The van der Waals surface area contributed by atoms with E-state index in [1.165, 1.54) is 32.7 Å². The van der Waals surface area contributed by atoms with Gasteiger partial charge in [-0.1, -0.05) is 32.9 Å². The molecule has 1 nitrogen and oxygen atoms in total. The molecule has 1 aromatic heterocycles. The Hall–Kier alpha value is -1.12. The van der Waals surface area contributed by atoms with Gasteiger partial charge in [0.15, 0.2) is 0 Å². The van der Waals surface area contributed by atoms with Crippen molar-refractivity contribution in [1.82, 2.24) is 0 Å². The average Bonchev–Trinajstić information content (AvgIpc) is 2.91. The lowest BCUT2D eigenvalue weighted by molar-refractivity contribution is 0.834. The summed E-state index contributed by atoms with van der Waals surface area (Å²) in [4.78, 5) is 1.30. The van der Waals surface area contributed by atoms with Crippen molar-refractivity contribution in [3.05, 3.63) is 56.3 Å². The Kier molecular flexibility index (Phi) is 5.00. The molecule has 2 rings (SSSR count). The molecule has 1 atom stereocenters. The van der Waals surface area contributed by atoms with Gasteiger partial charge in [-0.15, -0.1) is 11.3 Å². The third-order valence-corrected chi connectivity index (χ3v) is 5.18. The Balaban J connectivity index is 2.57. The van der Waals surface area contributed by atoms with Crippen LogP contribution in [0.5, 0.6) is 0 Å². The van der Waals surface area contributed by atoms with Gasteiger partial charge in [0.1, 0.15) is 0 Å². The summed E-state index contributed by atoms with van der Waals surface area (Å²) in [6.45, 7) is 8.83. The van der Waals surface area contributed by atoms with Gasteiger partial charge >= 0.3 is 0 Å². The van der Waals surface area contributed by atoms with Gasteiger partial charge in [0, 0.05) is 4.88 Å². The molecular weight excluding hydrogens is 262 g/mol. The third-order valence-electron chi connectivity index (χ3n) is 4.08. The van der Waals surface area contributed by atoms with Crippen molar-refractivity contribution in [1.29, 1.82) is 0 Å². The van der Waals surface area contributed by atoms with Crippen LogP contribution in [0.25, 0.3) is 0 Å². The van der Waals surface area contributed by atoms with Gasteiger partial charge in [-0.25, -0.2) is 0 Å². The van der Waals surface area contributed by atoms with Crippen LogP contribution < -0.4 is 5.73 Å². The Labute approximate surface area is 126 Å². The van der Waals surface area contributed by atoms with E-state index in [0.717, 1.165) is 19.3 Å². The first-order valence-corrected chi connectivity index (χ1v) is 8.44. The summed E-state index contributed by atoms with van der Waals surface area (Å²) in [5.74, 6) is 0. The summed E-state index contributed by atoms with van der Waals surface area (Å²) in [7, 11) is 0. The second-order valence-corrected chi connectivity index (χ2v) is 6.28. The molecule has 0 radical (unpaired) electrons. The van der Waals surface area contributed by atoms with Crippen molar-refractivity contribution in [3.63, 3.8) is 0 Å². The summed E-state index contributed by atoms with van der Waals surface area (Å²) in [6, 6.07) is 6.87. The molecule has 0 spiro atoms. The summed E-state index contributed by atoms with van der Waals surface area (Å²) >= 11 is 1.78. The van der Waals surface area contributed by atoms with E-state index in [2.05, 4.69) is 51.3 Å². The van der Waals surface area contributed by atoms with Crippen LogP contribution in [0.15, 0.2) is 23.6 Å². The minimum atomic E-state index is 0.0193. The Morgan fingerprint density at radius 3 is 2.05 bits per heavy atom. The summed E-state index contributed by atoms with van der Waals surface area (Å²) in [5.41, 5.74) is 13.6. The maximum Gasteiger partial charge on any atom is 0.0654 e. The molecule has 0 aliphatic rings. The predicted octanol–water partition coefficient (Wildman–Crippen LogP) is 4.79. The largest absolute Gasteiger partial charge is 0.320 e. The predicted molar refractivity (Wildman–Crippen MR) is 89.7 cm³/mol. The molecule has 0 bridgehead atoms. The fourth-order valence-corrected chi connectivity index (χ4v) is 3.81. The number of rotatable bonds is 5. The Bertz CT molecular complexity index is 558. The van der Waals surface area contributed by atoms with Crippen LogP contribution in [0.1, 0.15) is 59.5 Å². The van der Waals surface area contributed by atoms with Gasteiger partial charge in [-0.2, -0.15) is 0 Å². The maximum absolute atomic E-state index is 6.62. The summed E-state index contributed by atoms with van der Waals surface area (Å²) < 4.78 is 0. The molecule has 0 aliphatic carbocycles. The van der Waals surface area contributed by atoms with Gasteiger partial charge in [0.25, 0.3) is 0 Å². The molecule has 20 heavy (non-hydrogen) atoms. The van der Waals surface area contributed by atoms with Crippen molar-refractivity contribution < 1.29 is 0 Å². The molecule has 0 saturated carbocycles. The first-order chi connectivity index (χ1) is 9.62. The smallest absolute Gasteiger partial charge is 0.0654 e. The lowest BCUT2D eigenvalue weighted by atomic mass is 9.88. The molecule has 2 heteroatoms. The zero-order chi connectivity index (χ0) is 14.7. The molecule has 0 aliphatic heterocycles. The van der Waals surface area contributed by atoms with E-state index in [1.807, 2.05) is 0 Å². The van der Waals surface area contributed by atoms with E-state index in [0.29, 0.717) is 0 Å². The molecule has 1 aromatic carbocycles. The van der Waals surface area contributed by atoms with Crippen molar-refractivity contribution in [3.8, 4) is 0 Å². The molecule has 0 saturated heterocycles. The number of thiophene rings is 1. The standard InChI is InChI=1S/C18H25NS/c1-5-13-10-14(6-2)16(15(7-3)11-13)17(19)18-12(4)8-9-20-18/h8-11,17H,5-7,19H2,1-4H3.